The number of H-pyrrole nitrogens is 1. The molecule has 1 fully saturated rings. The molecule has 4 heterocycles. The van der Waals surface area contributed by atoms with Gasteiger partial charge in [-0.1, -0.05) is 11.6 Å². The van der Waals surface area contributed by atoms with Crippen LogP contribution >= 0.6 is 22.9 Å². The zero-order chi connectivity index (χ0) is 27.0. The van der Waals surface area contributed by atoms with Gasteiger partial charge in [0.1, 0.15) is 5.69 Å². The Morgan fingerprint density at radius 2 is 1.92 bits per heavy atom. The van der Waals surface area contributed by atoms with Gasteiger partial charge in [-0.05, 0) is 38.1 Å². The normalized spacial score (nSPS) is 20.1. The average molecular weight is 559 g/mol. The van der Waals surface area contributed by atoms with Crippen LogP contribution in [0.5, 0.6) is 0 Å². The SMILES string of the molecule is CC(C)N1CCc2nc(C(=O)N[C@@H]3CN(CCC(=O)O)C[C@H]3NC(=O)c3cc4cc(Cl)ccc4[nH]3)sc2C1. The van der Waals surface area contributed by atoms with Crippen LogP contribution < -0.4 is 10.6 Å². The molecule has 2 amide bonds. The van der Waals surface area contributed by atoms with E-state index in [0.717, 1.165) is 41.0 Å². The molecule has 0 aliphatic carbocycles. The third-order valence-electron chi connectivity index (χ3n) is 7.18. The zero-order valence-corrected chi connectivity index (χ0v) is 22.9. The van der Waals surface area contributed by atoms with E-state index in [-0.39, 0.29) is 18.2 Å². The van der Waals surface area contributed by atoms with Crippen molar-refractivity contribution in [3.63, 3.8) is 0 Å². The molecular weight excluding hydrogens is 528 g/mol. The topological polar surface area (TPSA) is 131 Å². The van der Waals surface area contributed by atoms with Gasteiger partial charge >= 0.3 is 5.97 Å². The second-order valence-electron chi connectivity index (χ2n) is 10.2. The number of aromatic nitrogens is 2. The molecule has 4 N–H and O–H groups in total. The number of hydrogen-bond acceptors (Lipinski definition) is 7. The summed E-state index contributed by atoms with van der Waals surface area (Å²) in [6.45, 7) is 7.22. The summed E-state index contributed by atoms with van der Waals surface area (Å²) in [4.78, 5) is 50.6. The van der Waals surface area contributed by atoms with E-state index in [4.69, 9.17) is 16.7 Å². The number of fused-ring (bicyclic) bond motifs is 2. The van der Waals surface area contributed by atoms with E-state index in [1.54, 1.807) is 18.2 Å². The Balaban J connectivity index is 1.29. The molecule has 3 aromatic rings. The fraction of sp³-hybridized carbons (Fsp3) is 0.462. The van der Waals surface area contributed by atoms with Crippen LogP contribution in [0.4, 0.5) is 0 Å². The fourth-order valence-corrected chi connectivity index (χ4v) is 6.29. The van der Waals surface area contributed by atoms with Crippen molar-refractivity contribution in [1.29, 1.82) is 0 Å². The van der Waals surface area contributed by atoms with E-state index in [0.29, 0.717) is 41.4 Å². The number of amides is 2. The van der Waals surface area contributed by atoms with Crippen LogP contribution in [-0.2, 0) is 17.8 Å². The smallest absolute Gasteiger partial charge is 0.304 e. The summed E-state index contributed by atoms with van der Waals surface area (Å²) in [6, 6.07) is 6.72. The van der Waals surface area contributed by atoms with Gasteiger partial charge in [0.2, 0.25) is 0 Å². The Kier molecular flexibility index (Phi) is 7.71. The van der Waals surface area contributed by atoms with Crippen molar-refractivity contribution in [1.82, 2.24) is 30.4 Å². The van der Waals surface area contributed by atoms with Crippen molar-refractivity contribution in [2.24, 2.45) is 0 Å². The minimum absolute atomic E-state index is 0.0182. The molecule has 0 spiro atoms. The van der Waals surface area contributed by atoms with Gasteiger partial charge < -0.3 is 20.7 Å². The summed E-state index contributed by atoms with van der Waals surface area (Å²) >= 11 is 7.50. The highest BCUT2D eigenvalue weighted by Crippen LogP contribution is 2.27. The van der Waals surface area contributed by atoms with Gasteiger partial charge in [-0.3, -0.25) is 24.2 Å². The Hall–Kier alpha value is -2.99. The molecule has 2 aromatic heterocycles. The molecular formula is C26H31ClN6O4S. The van der Waals surface area contributed by atoms with Crippen molar-refractivity contribution in [3.05, 3.63) is 50.6 Å². The second-order valence-corrected chi connectivity index (χ2v) is 11.7. The minimum atomic E-state index is -0.890. The van der Waals surface area contributed by atoms with Crippen LogP contribution in [0.1, 0.15) is 51.1 Å². The highest BCUT2D eigenvalue weighted by atomic mass is 35.5. The molecule has 1 saturated heterocycles. The fourth-order valence-electron chi connectivity index (χ4n) is 5.07. The highest BCUT2D eigenvalue weighted by Gasteiger charge is 2.36. The summed E-state index contributed by atoms with van der Waals surface area (Å²) in [6.07, 6.45) is 0.799. The van der Waals surface area contributed by atoms with E-state index in [2.05, 4.69) is 39.3 Å². The molecule has 2 aliphatic heterocycles. The predicted octanol–water partition coefficient (Wildman–Crippen LogP) is 2.73. The number of rotatable bonds is 8. The van der Waals surface area contributed by atoms with Crippen LogP contribution in [0.15, 0.2) is 24.3 Å². The van der Waals surface area contributed by atoms with Crippen LogP contribution in [0, 0.1) is 0 Å². The lowest BCUT2D eigenvalue weighted by Crippen LogP contribution is -2.51. The first-order valence-corrected chi connectivity index (χ1v) is 13.9. The summed E-state index contributed by atoms with van der Waals surface area (Å²) in [5.41, 5.74) is 2.16. The Labute approximate surface area is 229 Å². The molecule has 0 radical (unpaired) electrons. The molecule has 0 unspecified atom stereocenters. The standard InChI is InChI=1S/C26H31ClN6O4S/c1-14(2)33-8-5-18-22(13-33)38-26(31-18)25(37)30-21-12-32(7-6-23(34)35)11-20(21)29-24(36)19-10-15-9-16(27)3-4-17(15)28-19/h3-4,9-10,14,20-21,28H,5-8,11-13H2,1-2H3,(H,29,36)(H,30,37)(H,34,35)/t20-,21-/m1/s1. The number of aliphatic carboxylic acids is 1. The summed E-state index contributed by atoms with van der Waals surface area (Å²) in [5, 5.41) is 17.0. The van der Waals surface area contributed by atoms with E-state index < -0.39 is 18.1 Å². The van der Waals surface area contributed by atoms with Gasteiger partial charge in [0.25, 0.3) is 11.8 Å². The molecule has 2 atom stereocenters. The Morgan fingerprint density at radius 3 is 2.63 bits per heavy atom. The van der Waals surface area contributed by atoms with Gasteiger partial charge in [0, 0.05) is 66.0 Å². The lowest BCUT2D eigenvalue weighted by atomic mass is 10.1. The molecule has 1 aromatic carbocycles. The number of carbonyl (C=O) groups is 3. The summed E-state index contributed by atoms with van der Waals surface area (Å²) in [5.74, 6) is -1.47. The summed E-state index contributed by atoms with van der Waals surface area (Å²) < 4.78 is 0. The Morgan fingerprint density at radius 1 is 1.18 bits per heavy atom. The van der Waals surface area contributed by atoms with Crippen molar-refractivity contribution < 1.29 is 19.5 Å². The number of hydrogen-bond donors (Lipinski definition) is 4. The van der Waals surface area contributed by atoms with Gasteiger partial charge in [0.15, 0.2) is 5.01 Å². The molecule has 10 nitrogen and oxygen atoms in total. The van der Waals surface area contributed by atoms with Crippen molar-refractivity contribution in [3.8, 4) is 0 Å². The molecule has 38 heavy (non-hydrogen) atoms. The lowest BCUT2D eigenvalue weighted by Gasteiger charge is -2.29. The third-order valence-corrected chi connectivity index (χ3v) is 8.50. The first-order chi connectivity index (χ1) is 18.2. The minimum Gasteiger partial charge on any atom is -0.481 e. The number of thiazole rings is 1. The van der Waals surface area contributed by atoms with Crippen molar-refractivity contribution in [2.75, 3.05) is 26.2 Å². The molecule has 2 aliphatic rings. The van der Waals surface area contributed by atoms with Gasteiger partial charge in [-0.15, -0.1) is 11.3 Å². The monoisotopic (exact) mass is 558 g/mol. The number of benzene rings is 1. The first kappa shape index (κ1) is 26.6. The van der Waals surface area contributed by atoms with E-state index in [1.807, 2.05) is 11.0 Å². The first-order valence-electron chi connectivity index (χ1n) is 12.7. The number of carbonyl (C=O) groups excluding carboxylic acids is 2. The van der Waals surface area contributed by atoms with Gasteiger partial charge in [-0.2, -0.15) is 0 Å². The average Bonchev–Trinajstić information content (AvgIpc) is 3.58. The molecule has 202 valence electrons. The van der Waals surface area contributed by atoms with E-state index in [9.17, 15) is 14.4 Å². The van der Waals surface area contributed by atoms with E-state index in [1.165, 1.54) is 11.3 Å². The molecule has 0 bridgehead atoms. The Bertz CT molecular complexity index is 1370. The largest absolute Gasteiger partial charge is 0.481 e. The number of aromatic amines is 1. The van der Waals surface area contributed by atoms with Crippen LogP contribution in [0.25, 0.3) is 10.9 Å². The maximum atomic E-state index is 13.2. The number of halogens is 1. The summed E-state index contributed by atoms with van der Waals surface area (Å²) in [7, 11) is 0. The number of carboxylic acid groups (broad SMARTS) is 1. The van der Waals surface area contributed by atoms with Gasteiger partial charge in [-0.25, -0.2) is 4.98 Å². The quantitative estimate of drug-likeness (QED) is 0.334. The van der Waals surface area contributed by atoms with Crippen LogP contribution in [-0.4, -0.2) is 87.0 Å². The zero-order valence-electron chi connectivity index (χ0n) is 21.3. The lowest BCUT2D eigenvalue weighted by molar-refractivity contribution is -0.137. The van der Waals surface area contributed by atoms with Crippen molar-refractivity contribution >= 4 is 51.6 Å². The maximum absolute atomic E-state index is 13.2. The highest BCUT2D eigenvalue weighted by molar-refractivity contribution is 7.13. The number of nitrogens with one attached hydrogen (secondary N) is 3. The van der Waals surface area contributed by atoms with E-state index >= 15 is 0 Å². The molecule has 0 saturated carbocycles. The van der Waals surface area contributed by atoms with Crippen LogP contribution in [0.2, 0.25) is 5.02 Å². The number of likely N-dealkylation sites (tertiary alicyclic amines) is 1. The second kappa shape index (κ2) is 11.0. The van der Waals surface area contributed by atoms with Gasteiger partial charge in [0.05, 0.1) is 24.2 Å². The number of nitrogens with zero attached hydrogens (tertiary/aromatic N) is 3. The molecule has 5 rings (SSSR count). The maximum Gasteiger partial charge on any atom is 0.304 e. The molecule has 12 heteroatoms. The van der Waals surface area contributed by atoms with Crippen LogP contribution in [0.3, 0.4) is 0 Å². The predicted molar refractivity (Wildman–Crippen MR) is 146 cm³/mol. The third kappa shape index (κ3) is 5.85. The van der Waals surface area contributed by atoms with Crippen molar-refractivity contribution in [2.45, 2.75) is 51.4 Å². The number of carboxylic acids is 1.